The summed E-state index contributed by atoms with van der Waals surface area (Å²) < 4.78 is 6.11. The van der Waals surface area contributed by atoms with E-state index >= 15 is 0 Å². The molecule has 86 valence electrons. The Morgan fingerprint density at radius 2 is 2.38 bits per heavy atom. The lowest BCUT2D eigenvalue weighted by Gasteiger charge is -2.11. The summed E-state index contributed by atoms with van der Waals surface area (Å²) in [6.07, 6.45) is 1.39. The molecule has 1 aliphatic heterocycles. The second kappa shape index (κ2) is 5.17. The number of carbonyl (C=O) groups excluding carboxylic acids is 1. The molecule has 1 amide bonds. The molecule has 1 fully saturated rings. The highest BCUT2D eigenvalue weighted by Crippen LogP contribution is 2.26. The quantitative estimate of drug-likeness (QED) is 0.911. The lowest BCUT2D eigenvalue weighted by Crippen LogP contribution is -2.26. The van der Waals surface area contributed by atoms with E-state index in [1.165, 1.54) is 0 Å². The van der Waals surface area contributed by atoms with Gasteiger partial charge in [0.05, 0.1) is 5.69 Å². The lowest BCUT2D eigenvalue weighted by atomic mass is 10.2. The molecular weight excluding hydrogens is 293 g/mol. The molecule has 0 radical (unpaired) electrons. The molecule has 0 aliphatic carbocycles. The van der Waals surface area contributed by atoms with Crippen LogP contribution in [0.3, 0.4) is 0 Å². The van der Waals surface area contributed by atoms with Crippen molar-refractivity contribution in [3.8, 4) is 0 Å². The van der Waals surface area contributed by atoms with Crippen molar-refractivity contribution in [2.24, 2.45) is 0 Å². The summed E-state index contributed by atoms with van der Waals surface area (Å²) in [4.78, 5) is 11.8. The minimum atomic E-state index is -0.328. The van der Waals surface area contributed by atoms with Crippen LogP contribution in [0.4, 0.5) is 5.69 Å². The van der Waals surface area contributed by atoms with Gasteiger partial charge in [0.25, 0.3) is 5.91 Å². The first-order valence-electron chi connectivity index (χ1n) is 5.04. The van der Waals surface area contributed by atoms with Gasteiger partial charge in [-0.15, -0.1) is 0 Å². The van der Waals surface area contributed by atoms with Crippen molar-refractivity contribution in [3.05, 3.63) is 27.7 Å². The second-order valence-corrected chi connectivity index (χ2v) is 4.91. The predicted molar refractivity (Wildman–Crippen MR) is 66.8 cm³/mol. The van der Waals surface area contributed by atoms with Crippen LogP contribution in [0.25, 0.3) is 0 Å². The number of rotatable bonds is 2. The monoisotopic (exact) mass is 303 g/mol. The molecule has 1 saturated heterocycles. The number of nitrogens with one attached hydrogen (secondary N) is 1. The lowest BCUT2D eigenvalue weighted by molar-refractivity contribution is -0.124. The smallest absolute Gasteiger partial charge is 0.253 e. The summed E-state index contributed by atoms with van der Waals surface area (Å²) in [5, 5.41) is 3.39. The van der Waals surface area contributed by atoms with Gasteiger partial charge in [0.15, 0.2) is 0 Å². The van der Waals surface area contributed by atoms with Gasteiger partial charge in [0.1, 0.15) is 6.10 Å². The van der Waals surface area contributed by atoms with Gasteiger partial charge < -0.3 is 10.1 Å². The Labute approximate surface area is 107 Å². The zero-order valence-corrected chi connectivity index (χ0v) is 10.8. The standard InChI is InChI=1S/C11H11BrClNO2/c12-8-4-3-7(13)6-9(8)14-11(15)10-2-1-5-16-10/h3-4,6,10H,1-2,5H2,(H,14,15)/t10-/m1/s1. The molecular formula is C11H11BrClNO2. The summed E-state index contributed by atoms with van der Waals surface area (Å²) >= 11 is 9.21. The summed E-state index contributed by atoms with van der Waals surface area (Å²) in [5.74, 6) is -0.111. The molecule has 1 atom stereocenters. The number of carbonyl (C=O) groups is 1. The number of hydrogen-bond acceptors (Lipinski definition) is 2. The zero-order chi connectivity index (χ0) is 11.5. The van der Waals surface area contributed by atoms with Crippen LogP contribution in [0.5, 0.6) is 0 Å². The summed E-state index contributed by atoms with van der Waals surface area (Å²) in [6, 6.07) is 5.26. The van der Waals surface area contributed by atoms with Gasteiger partial charge in [-0.1, -0.05) is 11.6 Å². The van der Waals surface area contributed by atoms with E-state index in [0.29, 0.717) is 17.3 Å². The number of amides is 1. The van der Waals surface area contributed by atoms with Crippen molar-refractivity contribution in [2.75, 3.05) is 11.9 Å². The highest BCUT2D eigenvalue weighted by Gasteiger charge is 2.23. The third-order valence-corrected chi connectivity index (χ3v) is 3.33. The SMILES string of the molecule is O=C(Nc1cc(Cl)ccc1Br)[C@H]1CCCO1. The molecule has 0 unspecified atom stereocenters. The molecule has 1 heterocycles. The maximum absolute atomic E-state index is 11.8. The van der Waals surface area contributed by atoms with E-state index in [1.54, 1.807) is 18.2 Å². The molecule has 0 saturated carbocycles. The van der Waals surface area contributed by atoms with Crippen molar-refractivity contribution >= 4 is 39.1 Å². The Morgan fingerprint density at radius 3 is 3.06 bits per heavy atom. The van der Waals surface area contributed by atoms with Crippen molar-refractivity contribution in [3.63, 3.8) is 0 Å². The summed E-state index contributed by atoms with van der Waals surface area (Å²) in [6.45, 7) is 0.662. The van der Waals surface area contributed by atoms with Gasteiger partial charge in [-0.3, -0.25) is 4.79 Å². The normalized spacial score (nSPS) is 19.8. The van der Waals surface area contributed by atoms with Crippen molar-refractivity contribution < 1.29 is 9.53 Å². The maximum atomic E-state index is 11.8. The molecule has 0 aromatic heterocycles. The van der Waals surface area contributed by atoms with Gasteiger partial charge in [-0.25, -0.2) is 0 Å². The van der Waals surface area contributed by atoms with Gasteiger partial charge in [-0.2, -0.15) is 0 Å². The number of benzene rings is 1. The Kier molecular flexibility index (Phi) is 3.84. The zero-order valence-electron chi connectivity index (χ0n) is 8.50. The van der Waals surface area contributed by atoms with Crippen LogP contribution in [-0.2, 0) is 9.53 Å². The fourth-order valence-corrected chi connectivity index (χ4v) is 2.11. The third-order valence-electron chi connectivity index (χ3n) is 2.41. The molecule has 1 aliphatic rings. The van der Waals surface area contributed by atoms with Crippen LogP contribution in [0.2, 0.25) is 5.02 Å². The topological polar surface area (TPSA) is 38.3 Å². The first-order chi connectivity index (χ1) is 7.66. The minimum absolute atomic E-state index is 0.111. The van der Waals surface area contributed by atoms with Crippen LogP contribution in [0, 0.1) is 0 Å². The Bertz CT molecular complexity index is 405. The number of anilines is 1. The van der Waals surface area contributed by atoms with Crippen molar-refractivity contribution in [2.45, 2.75) is 18.9 Å². The van der Waals surface area contributed by atoms with Gasteiger partial charge in [0, 0.05) is 16.1 Å². The average Bonchev–Trinajstić information content (AvgIpc) is 2.76. The van der Waals surface area contributed by atoms with E-state index in [2.05, 4.69) is 21.2 Å². The largest absolute Gasteiger partial charge is 0.368 e. The van der Waals surface area contributed by atoms with Gasteiger partial charge >= 0.3 is 0 Å². The van der Waals surface area contributed by atoms with E-state index < -0.39 is 0 Å². The van der Waals surface area contributed by atoms with Crippen molar-refractivity contribution in [1.82, 2.24) is 0 Å². The van der Waals surface area contributed by atoms with E-state index in [1.807, 2.05) is 0 Å². The third kappa shape index (κ3) is 2.75. The van der Waals surface area contributed by atoms with E-state index in [0.717, 1.165) is 17.3 Å². The fourth-order valence-electron chi connectivity index (χ4n) is 1.59. The summed E-state index contributed by atoms with van der Waals surface area (Å²) in [5.41, 5.74) is 0.674. The maximum Gasteiger partial charge on any atom is 0.253 e. The number of hydrogen-bond donors (Lipinski definition) is 1. The number of halogens is 2. The first-order valence-corrected chi connectivity index (χ1v) is 6.21. The number of ether oxygens (including phenoxy) is 1. The van der Waals surface area contributed by atoms with Crippen LogP contribution in [0.15, 0.2) is 22.7 Å². The first kappa shape index (κ1) is 11.9. The van der Waals surface area contributed by atoms with E-state index in [-0.39, 0.29) is 12.0 Å². The molecule has 0 spiro atoms. The summed E-state index contributed by atoms with van der Waals surface area (Å²) in [7, 11) is 0. The van der Waals surface area contributed by atoms with Crippen LogP contribution in [-0.4, -0.2) is 18.6 Å². The average molecular weight is 305 g/mol. The van der Waals surface area contributed by atoms with Crippen LogP contribution < -0.4 is 5.32 Å². The molecule has 3 nitrogen and oxygen atoms in total. The van der Waals surface area contributed by atoms with Crippen molar-refractivity contribution in [1.29, 1.82) is 0 Å². The highest BCUT2D eigenvalue weighted by atomic mass is 79.9. The molecule has 5 heteroatoms. The van der Waals surface area contributed by atoms with E-state index in [4.69, 9.17) is 16.3 Å². The van der Waals surface area contributed by atoms with Crippen LogP contribution in [0.1, 0.15) is 12.8 Å². The Hall–Kier alpha value is -0.580. The Morgan fingerprint density at radius 1 is 1.56 bits per heavy atom. The molecule has 2 rings (SSSR count). The molecule has 1 aromatic carbocycles. The predicted octanol–water partition coefficient (Wildman–Crippen LogP) is 3.22. The highest BCUT2D eigenvalue weighted by molar-refractivity contribution is 9.10. The van der Waals surface area contributed by atoms with E-state index in [9.17, 15) is 4.79 Å². The molecule has 0 bridgehead atoms. The molecule has 16 heavy (non-hydrogen) atoms. The molecule has 1 N–H and O–H groups in total. The minimum Gasteiger partial charge on any atom is -0.368 e. The van der Waals surface area contributed by atoms with Crippen LogP contribution >= 0.6 is 27.5 Å². The molecule has 1 aromatic rings. The van der Waals surface area contributed by atoms with Gasteiger partial charge in [0.2, 0.25) is 0 Å². The second-order valence-electron chi connectivity index (χ2n) is 3.62. The van der Waals surface area contributed by atoms with Gasteiger partial charge in [-0.05, 0) is 47.0 Å². The fraction of sp³-hybridized carbons (Fsp3) is 0.364. The Balaban J connectivity index is 2.07.